The second kappa shape index (κ2) is 7.30. The molecule has 2 N–H and O–H groups in total. The van der Waals surface area contributed by atoms with E-state index in [1.807, 2.05) is 0 Å². The van der Waals surface area contributed by atoms with E-state index in [1.165, 1.54) is 26.2 Å². The van der Waals surface area contributed by atoms with E-state index in [1.54, 1.807) is 36.7 Å². The van der Waals surface area contributed by atoms with Crippen LogP contribution in [0.15, 0.2) is 48.8 Å². The number of carbonyl (C=O) groups excluding carboxylic acids is 1. The van der Waals surface area contributed by atoms with Crippen molar-refractivity contribution < 1.29 is 19.0 Å². The number of aromatic nitrogens is 1. The number of benzene rings is 1. The van der Waals surface area contributed by atoms with E-state index in [0.717, 1.165) is 0 Å². The highest BCUT2D eigenvalue weighted by molar-refractivity contribution is 5.86. The maximum Gasteiger partial charge on any atom is 0.257 e. The lowest BCUT2D eigenvalue weighted by Gasteiger charge is -2.29. The second-order valence-corrected chi connectivity index (χ2v) is 5.21. The number of amides is 1. The van der Waals surface area contributed by atoms with E-state index in [4.69, 9.17) is 4.74 Å². The van der Waals surface area contributed by atoms with Crippen molar-refractivity contribution in [2.75, 3.05) is 13.7 Å². The average molecular weight is 318 g/mol. The molecule has 0 aliphatic carbocycles. The van der Waals surface area contributed by atoms with Crippen molar-refractivity contribution in [3.05, 3.63) is 65.7 Å². The van der Waals surface area contributed by atoms with E-state index in [2.05, 4.69) is 10.3 Å². The number of methoxy groups -OCH3 is 1. The molecule has 0 saturated heterocycles. The van der Waals surface area contributed by atoms with E-state index in [0.29, 0.717) is 5.56 Å². The van der Waals surface area contributed by atoms with Crippen LogP contribution in [-0.2, 0) is 15.1 Å². The Hall–Kier alpha value is -2.31. The first-order valence-corrected chi connectivity index (χ1v) is 7.15. The standard InChI is InChI=1S/C17H19FN2O3/c1-17(23-2,13-7-3-4-8-14(13)18)16(22)20-15(11-21)12-6-5-9-19-10-12/h3-10,15,21H,11H2,1-2H3,(H,20,22). The Bertz CT molecular complexity index is 666. The fraction of sp³-hybridized carbons (Fsp3) is 0.294. The molecule has 0 spiro atoms. The Morgan fingerprint density at radius 3 is 2.70 bits per heavy atom. The van der Waals surface area contributed by atoms with Crippen LogP contribution in [0.1, 0.15) is 24.1 Å². The number of halogens is 1. The van der Waals surface area contributed by atoms with E-state index in [9.17, 15) is 14.3 Å². The number of pyridine rings is 1. The molecule has 2 aromatic rings. The Labute approximate surface area is 134 Å². The Kier molecular flexibility index (Phi) is 5.41. The Balaban J connectivity index is 2.28. The summed E-state index contributed by atoms with van der Waals surface area (Å²) in [7, 11) is 1.34. The summed E-state index contributed by atoms with van der Waals surface area (Å²) < 4.78 is 19.4. The summed E-state index contributed by atoms with van der Waals surface area (Å²) in [4.78, 5) is 16.6. The predicted molar refractivity (Wildman–Crippen MR) is 83.0 cm³/mol. The largest absolute Gasteiger partial charge is 0.394 e. The number of aliphatic hydroxyl groups excluding tert-OH is 1. The first kappa shape index (κ1) is 17.1. The zero-order valence-corrected chi connectivity index (χ0v) is 13.0. The molecule has 1 heterocycles. The number of hydrogen-bond donors (Lipinski definition) is 2. The summed E-state index contributed by atoms with van der Waals surface area (Å²) in [6.07, 6.45) is 3.15. The maximum atomic E-state index is 14.1. The van der Waals surface area contributed by atoms with Gasteiger partial charge in [0.05, 0.1) is 12.6 Å². The lowest BCUT2D eigenvalue weighted by Crippen LogP contribution is -2.46. The van der Waals surface area contributed by atoms with Crippen molar-refractivity contribution in [1.82, 2.24) is 10.3 Å². The normalized spacial score (nSPS) is 14.8. The second-order valence-electron chi connectivity index (χ2n) is 5.21. The molecule has 0 saturated carbocycles. The van der Waals surface area contributed by atoms with Crippen molar-refractivity contribution in [2.24, 2.45) is 0 Å². The molecular weight excluding hydrogens is 299 g/mol. The number of rotatable bonds is 6. The van der Waals surface area contributed by atoms with Gasteiger partial charge in [-0.15, -0.1) is 0 Å². The van der Waals surface area contributed by atoms with Gasteiger partial charge < -0.3 is 15.2 Å². The van der Waals surface area contributed by atoms with Crippen molar-refractivity contribution >= 4 is 5.91 Å². The molecule has 2 rings (SSSR count). The number of nitrogens with one attached hydrogen (secondary N) is 1. The molecule has 0 radical (unpaired) electrons. The number of hydrogen-bond acceptors (Lipinski definition) is 4. The predicted octanol–water partition coefficient (Wildman–Crippen LogP) is 1.93. The third kappa shape index (κ3) is 3.55. The SMILES string of the molecule is COC(C)(C(=O)NC(CO)c1cccnc1)c1ccccc1F. The summed E-state index contributed by atoms with van der Waals surface area (Å²) >= 11 is 0. The number of ether oxygens (including phenoxy) is 1. The first-order valence-electron chi connectivity index (χ1n) is 7.15. The molecule has 0 bridgehead atoms. The van der Waals surface area contributed by atoms with Crippen molar-refractivity contribution in [3.63, 3.8) is 0 Å². The third-order valence-electron chi connectivity index (χ3n) is 3.80. The van der Waals surface area contributed by atoms with Crippen molar-refractivity contribution in [3.8, 4) is 0 Å². The molecule has 1 aromatic heterocycles. The highest BCUT2D eigenvalue weighted by atomic mass is 19.1. The van der Waals surface area contributed by atoms with Crippen LogP contribution in [0.5, 0.6) is 0 Å². The highest BCUT2D eigenvalue weighted by Crippen LogP contribution is 2.28. The van der Waals surface area contributed by atoms with Gasteiger partial charge in [0.2, 0.25) is 0 Å². The monoisotopic (exact) mass is 318 g/mol. The molecule has 1 amide bonds. The van der Waals surface area contributed by atoms with Crippen LogP contribution in [0.25, 0.3) is 0 Å². The van der Waals surface area contributed by atoms with Crippen LogP contribution in [0, 0.1) is 5.82 Å². The minimum atomic E-state index is -1.51. The quantitative estimate of drug-likeness (QED) is 0.854. The van der Waals surface area contributed by atoms with Gasteiger partial charge in [-0.1, -0.05) is 24.3 Å². The zero-order valence-electron chi connectivity index (χ0n) is 13.0. The lowest BCUT2D eigenvalue weighted by atomic mass is 9.93. The third-order valence-corrected chi connectivity index (χ3v) is 3.80. The minimum Gasteiger partial charge on any atom is -0.394 e. The van der Waals surface area contributed by atoms with E-state index < -0.39 is 23.4 Å². The van der Waals surface area contributed by atoms with Crippen LogP contribution < -0.4 is 5.32 Å². The molecule has 2 unspecified atom stereocenters. The summed E-state index contributed by atoms with van der Waals surface area (Å²) in [6.45, 7) is 1.17. The van der Waals surface area contributed by atoms with Gasteiger partial charge in [0.15, 0.2) is 5.60 Å². The molecule has 23 heavy (non-hydrogen) atoms. The van der Waals surface area contributed by atoms with Crippen LogP contribution in [0.2, 0.25) is 0 Å². The number of aliphatic hydroxyl groups is 1. The summed E-state index contributed by atoms with van der Waals surface area (Å²) in [6, 6.07) is 8.73. The van der Waals surface area contributed by atoms with Crippen LogP contribution in [0.4, 0.5) is 4.39 Å². The van der Waals surface area contributed by atoms with E-state index >= 15 is 0 Å². The Morgan fingerprint density at radius 1 is 1.39 bits per heavy atom. The molecule has 0 aliphatic heterocycles. The van der Waals surface area contributed by atoms with Crippen molar-refractivity contribution in [1.29, 1.82) is 0 Å². The van der Waals surface area contributed by atoms with Gasteiger partial charge >= 0.3 is 0 Å². The highest BCUT2D eigenvalue weighted by Gasteiger charge is 2.38. The number of nitrogens with zero attached hydrogens (tertiary/aromatic N) is 1. The summed E-state index contributed by atoms with van der Waals surface area (Å²) in [5, 5.41) is 12.2. The van der Waals surface area contributed by atoms with Gasteiger partial charge in [0, 0.05) is 25.1 Å². The van der Waals surface area contributed by atoms with Gasteiger partial charge in [-0.2, -0.15) is 0 Å². The van der Waals surface area contributed by atoms with Crippen LogP contribution in [0.3, 0.4) is 0 Å². The zero-order chi connectivity index (χ0) is 16.9. The van der Waals surface area contributed by atoms with Gasteiger partial charge in [-0.3, -0.25) is 9.78 Å². The van der Waals surface area contributed by atoms with Crippen molar-refractivity contribution in [2.45, 2.75) is 18.6 Å². The molecule has 2 atom stereocenters. The fourth-order valence-corrected chi connectivity index (χ4v) is 2.29. The molecular formula is C17H19FN2O3. The molecule has 6 heteroatoms. The van der Waals surface area contributed by atoms with E-state index in [-0.39, 0.29) is 12.2 Å². The minimum absolute atomic E-state index is 0.128. The summed E-state index contributed by atoms with van der Waals surface area (Å²) in [5.74, 6) is -1.08. The van der Waals surface area contributed by atoms with Gasteiger partial charge in [0.1, 0.15) is 5.82 Å². The fourth-order valence-electron chi connectivity index (χ4n) is 2.29. The van der Waals surface area contributed by atoms with Gasteiger partial charge in [-0.05, 0) is 24.6 Å². The average Bonchev–Trinajstić information content (AvgIpc) is 2.59. The molecule has 5 nitrogen and oxygen atoms in total. The Morgan fingerprint density at radius 2 is 2.13 bits per heavy atom. The maximum absolute atomic E-state index is 14.1. The van der Waals surface area contributed by atoms with Gasteiger partial charge in [-0.25, -0.2) is 4.39 Å². The molecule has 1 aromatic carbocycles. The van der Waals surface area contributed by atoms with Gasteiger partial charge in [0.25, 0.3) is 5.91 Å². The first-order chi connectivity index (χ1) is 11.0. The molecule has 122 valence electrons. The van der Waals surface area contributed by atoms with Crippen LogP contribution >= 0.6 is 0 Å². The molecule has 0 aliphatic rings. The smallest absolute Gasteiger partial charge is 0.257 e. The topological polar surface area (TPSA) is 71.5 Å². The molecule has 0 fully saturated rings. The number of carbonyl (C=O) groups is 1. The summed E-state index contributed by atoms with van der Waals surface area (Å²) in [5.41, 5.74) is -0.737. The van der Waals surface area contributed by atoms with Crippen LogP contribution in [-0.4, -0.2) is 29.7 Å². The lowest BCUT2D eigenvalue weighted by molar-refractivity contribution is -0.144.